The van der Waals surface area contributed by atoms with Crippen molar-refractivity contribution >= 4 is 15.9 Å². The number of ether oxygens (including phenoxy) is 1. The van der Waals surface area contributed by atoms with Gasteiger partial charge in [0.1, 0.15) is 5.82 Å². The number of carbonyl (C=O) groups is 1. The van der Waals surface area contributed by atoms with Crippen LogP contribution in [0.5, 0.6) is 0 Å². The lowest BCUT2D eigenvalue weighted by atomic mass is 10.1. The summed E-state index contributed by atoms with van der Waals surface area (Å²) in [4.78, 5) is 11.7. The molecule has 128 valence electrons. The van der Waals surface area contributed by atoms with Gasteiger partial charge in [0.15, 0.2) is 0 Å². The van der Waals surface area contributed by atoms with E-state index >= 15 is 0 Å². The molecule has 1 heterocycles. The van der Waals surface area contributed by atoms with Crippen LogP contribution in [-0.4, -0.2) is 46.4 Å². The molecule has 0 bridgehead atoms. The molecular formula is C15H21FN2O4S. The molecule has 2 rings (SSSR count). The molecule has 0 spiro atoms. The van der Waals surface area contributed by atoms with Crippen molar-refractivity contribution in [2.45, 2.75) is 12.8 Å². The van der Waals surface area contributed by atoms with Crippen LogP contribution in [0.4, 0.5) is 4.39 Å². The van der Waals surface area contributed by atoms with Gasteiger partial charge in [0.25, 0.3) is 0 Å². The van der Waals surface area contributed by atoms with Gasteiger partial charge in [-0.15, -0.1) is 0 Å². The van der Waals surface area contributed by atoms with Crippen LogP contribution in [0.2, 0.25) is 0 Å². The third kappa shape index (κ3) is 6.64. The molecule has 0 aliphatic carbocycles. The van der Waals surface area contributed by atoms with E-state index < -0.39 is 10.0 Å². The number of hydrogen-bond acceptors (Lipinski definition) is 4. The van der Waals surface area contributed by atoms with Crippen LogP contribution in [0.3, 0.4) is 0 Å². The Hall–Kier alpha value is -1.51. The molecule has 8 heteroatoms. The van der Waals surface area contributed by atoms with Crippen LogP contribution < -0.4 is 10.0 Å². The fourth-order valence-corrected chi connectivity index (χ4v) is 3.76. The Balaban J connectivity index is 1.64. The van der Waals surface area contributed by atoms with Crippen molar-refractivity contribution in [3.05, 3.63) is 35.6 Å². The Morgan fingerprint density at radius 2 is 2.00 bits per heavy atom. The number of halogens is 1. The maximum atomic E-state index is 12.8. The zero-order chi connectivity index (χ0) is 16.7. The average molecular weight is 344 g/mol. The topological polar surface area (TPSA) is 84.5 Å². The monoisotopic (exact) mass is 344 g/mol. The van der Waals surface area contributed by atoms with Crippen LogP contribution in [0, 0.1) is 11.7 Å². The van der Waals surface area contributed by atoms with Crippen molar-refractivity contribution in [3.8, 4) is 0 Å². The Morgan fingerprint density at radius 3 is 2.65 bits per heavy atom. The first-order chi connectivity index (χ1) is 10.9. The first kappa shape index (κ1) is 17.8. The van der Waals surface area contributed by atoms with Gasteiger partial charge in [0.05, 0.1) is 18.8 Å². The summed E-state index contributed by atoms with van der Waals surface area (Å²) < 4.78 is 44.1. The quantitative estimate of drug-likeness (QED) is 0.670. The van der Waals surface area contributed by atoms with Gasteiger partial charge in [-0.3, -0.25) is 4.79 Å². The lowest BCUT2D eigenvalue weighted by Crippen LogP contribution is -2.37. The lowest BCUT2D eigenvalue weighted by molar-refractivity contribution is -0.120. The Kier molecular flexibility index (Phi) is 6.49. The van der Waals surface area contributed by atoms with Gasteiger partial charge in [0, 0.05) is 19.7 Å². The Morgan fingerprint density at radius 1 is 1.26 bits per heavy atom. The highest BCUT2D eigenvalue weighted by Gasteiger charge is 2.22. The molecule has 0 aromatic heterocycles. The number of hydrogen-bond donors (Lipinski definition) is 2. The van der Waals surface area contributed by atoms with Crippen molar-refractivity contribution in [2.24, 2.45) is 5.92 Å². The molecule has 1 aromatic rings. The molecular weight excluding hydrogens is 323 g/mol. The van der Waals surface area contributed by atoms with Gasteiger partial charge in [-0.1, -0.05) is 12.1 Å². The zero-order valence-electron chi connectivity index (χ0n) is 12.8. The van der Waals surface area contributed by atoms with E-state index in [4.69, 9.17) is 4.74 Å². The molecule has 23 heavy (non-hydrogen) atoms. The molecule has 0 radical (unpaired) electrons. The highest BCUT2D eigenvalue weighted by atomic mass is 32.2. The second-order valence-corrected chi connectivity index (χ2v) is 7.41. The summed E-state index contributed by atoms with van der Waals surface area (Å²) in [5, 5.41) is 2.63. The van der Waals surface area contributed by atoms with E-state index in [1.54, 1.807) is 12.1 Å². The minimum atomic E-state index is -3.35. The van der Waals surface area contributed by atoms with Gasteiger partial charge in [0.2, 0.25) is 15.9 Å². The van der Waals surface area contributed by atoms with Gasteiger partial charge in [-0.05, 0) is 30.0 Å². The fraction of sp³-hybridized carbons (Fsp3) is 0.533. The normalized spacial score (nSPS) is 18.0. The van der Waals surface area contributed by atoms with Gasteiger partial charge >= 0.3 is 0 Å². The van der Waals surface area contributed by atoms with Crippen LogP contribution in [-0.2, 0) is 26.0 Å². The summed E-state index contributed by atoms with van der Waals surface area (Å²) in [6.07, 6.45) is 0.891. The minimum Gasteiger partial charge on any atom is -0.381 e. The van der Waals surface area contributed by atoms with E-state index in [1.807, 2.05) is 0 Å². The molecule has 6 nitrogen and oxygen atoms in total. The van der Waals surface area contributed by atoms with E-state index in [1.165, 1.54) is 12.1 Å². The number of benzene rings is 1. The summed E-state index contributed by atoms with van der Waals surface area (Å²) in [6, 6.07) is 5.68. The summed E-state index contributed by atoms with van der Waals surface area (Å²) >= 11 is 0. The highest BCUT2D eigenvalue weighted by molar-refractivity contribution is 7.89. The molecule has 1 saturated heterocycles. The summed E-state index contributed by atoms with van der Waals surface area (Å²) in [6.45, 7) is 1.44. The maximum Gasteiger partial charge on any atom is 0.224 e. The number of nitrogens with one attached hydrogen (secondary N) is 2. The van der Waals surface area contributed by atoms with E-state index in [9.17, 15) is 17.6 Å². The summed E-state index contributed by atoms with van der Waals surface area (Å²) in [5.74, 6) is -0.493. The third-order valence-electron chi connectivity index (χ3n) is 3.53. The maximum absolute atomic E-state index is 12.8. The molecule has 1 aliphatic rings. The highest BCUT2D eigenvalue weighted by Crippen LogP contribution is 2.13. The SMILES string of the molecule is O=C(Cc1ccc(F)cc1)NCCNS(=O)(=O)CC1CCOC1. The second kappa shape index (κ2) is 8.37. The molecule has 0 saturated carbocycles. The van der Waals surface area contributed by atoms with Gasteiger partial charge < -0.3 is 10.1 Å². The van der Waals surface area contributed by atoms with E-state index in [-0.39, 0.29) is 42.9 Å². The summed E-state index contributed by atoms with van der Waals surface area (Å²) in [5.41, 5.74) is 0.700. The van der Waals surface area contributed by atoms with Crippen LogP contribution >= 0.6 is 0 Å². The smallest absolute Gasteiger partial charge is 0.224 e. The van der Waals surface area contributed by atoms with Gasteiger partial charge in [-0.2, -0.15) is 0 Å². The minimum absolute atomic E-state index is 0.0422. The van der Waals surface area contributed by atoms with Gasteiger partial charge in [-0.25, -0.2) is 17.5 Å². The molecule has 1 unspecified atom stereocenters. The molecule has 1 fully saturated rings. The first-order valence-electron chi connectivity index (χ1n) is 7.51. The molecule has 1 amide bonds. The lowest BCUT2D eigenvalue weighted by Gasteiger charge is -2.10. The fourth-order valence-electron chi connectivity index (χ4n) is 2.34. The first-order valence-corrected chi connectivity index (χ1v) is 9.16. The van der Waals surface area contributed by atoms with Crippen molar-refractivity contribution < 1.29 is 22.3 Å². The molecule has 1 aliphatic heterocycles. The van der Waals surface area contributed by atoms with E-state index in [0.29, 0.717) is 18.8 Å². The standard InChI is InChI=1S/C15H21FN2O4S/c16-14-3-1-12(2-4-14)9-15(19)17-6-7-18-23(20,21)11-13-5-8-22-10-13/h1-4,13,18H,5-11H2,(H,17,19). The Bertz CT molecular complexity index is 613. The predicted octanol–water partition coefficient (Wildman–Crippen LogP) is 0.440. The average Bonchev–Trinajstić information content (AvgIpc) is 2.98. The summed E-state index contributed by atoms with van der Waals surface area (Å²) in [7, 11) is -3.35. The number of carbonyl (C=O) groups excluding carboxylic acids is 1. The number of amides is 1. The van der Waals surface area contributed by atoms with Crippen LogP contribution in [0.1, 0.15) is 12.0 Å². The molecule has 2 N–H and O–H groups in total. The zero-order valence-corrected chi connectivity index (χ0v) is 13.6. The Labute approximate surface area is 135 Å². The van der Waals surface area contributed by atoms with E-state index in [0.717, 1.165) is 6.42 Å². The number of sulfonamides is 1. The third-order valence-corrected chi connectivity index (χ3v) is 5.08. The van der Waals surface area contributed by atoms with E-state index in [2.05, 4.69) is 10.0 Å². The van der Waals surface area contributed by atoms with Crippen LogP contribution in [0.15, 0.2) is 24.3 Å². The number of rotatable bonds is 8. The van der Waals surface area contributed by atoms with Crippen LogP contribution in [0.25, 0.3) is 0 Å². The largest absolute Gasteiger partial charge is 0.381 e. The predicted molar refractivity (Wildman–Crippen MR) is 83.8 cm³/mol. The van der Waals surface area contributed by atoms with Crippen molar-refractivity contribution in [3.63, 3.8) is 0 Å². The van der Waals surface area contributed by atoms with Crippen molar-refractivity contribution in [2.75, 3.05) is 32.1 Å². The van der Waals surface area contributed by atoms with Crippen molar-refractivity contribution in [1.82, 2.24) is 10.0 Å². The molecule has 1 atom stereocenters. The molecule has 1 aromatic carbocycles. The second-order valence-electron chi connectivity index (χ2n) is 5.56. The van der Waals surface area contributed by atoms with Crippen molar-refractivity contribution in [1.29, 1.82) is 0 Å².